The predicted octanol–water partition coefficient (Wildman–Crippen LogP) is 6.05. The Labute approximate surface area is 208 Å². The molecule has 1 atom stereocenters. The van der Waals surface area contributed by atoms with Crippen LogP contribution in [-0.2, 0) is 19.3 Å². The minimum Gasteiger partial charge on any atom is -0.478 e. The van der Waals surface area contributed by atoms with E-state index < -0.39 is 5.97 Å². The summed E-state index contributed by atoms with van der Waals surface area (Å²) in [5, 5.41) is 9.51. The molecule has 0 unspecified atom stereocenters. The number of carboxylic acid groups (broad SMARTS) is 1. The van der Waals surface area contributed by atoms with Gasteiger partial charge in [0, 0.05) is 43.4 Å². The van der Waals surface area contributed by atoms with Gasteiger partial charge in [-0.15, -0.1) is 0 Å². The third-order valence-electron chi connectivity index (χ3n) is 7.82. The number of rotatable bonds is 9. The summed E-state index contributed by atoms with van der Waals surface area (Å²) in [7, 11) is 4.31. The van der Waals surface area contributed by atoms with E-state index in [1.54, 1.807) is 18.5 Å². The lowest BCUT2D eigenvalue weighted by atomic mass is 9.88. The fourth-order valence-corrected chi connectivity index (χ4v) is 5.35. The number of hydrogen-bond donors (Lipinski definition) is 1. The minimum absolute atomic E-state index is 0.269. The fourth-order valence-electron chi connectivity index (χ4n) is 5.35. The Morgan fingerprint density at radius 3 is 2.57 bits per heavy atom. The molecule has 1 aliphatic carbocycles. The lowest BCUT2D eigenvalue weighted by molar-refractivity contribution is 0.0695. The number of carboxylic acids is 1. The monoisotopic (exact) mass is 469 g/mol. The first kappa shape index (κ1) is 23.6. The summed E-state index contributed by atoms with van der Waals surface area (Å²) in [6.45, 7) is 0.999. The van der Waals surface area contributed by atoms with Crippen LogP contribution in [0.5, 0.6) is 0 Å². The van der Waals surface area contributed by atoms with Crippen LogP contribution in [0.3, 0.4) is 0 Å². The Morgan fingerprint density at radius 1 is 1.06 bits per heavy atom. The molecule has 2 aromatic carbocycles. The molecule has 5 nitrogen and oxygen atoms in total. The Balaban J connectivity index is 1.30. The van der Waals surface area contributed by atoms with Crippen LogP contribution < -0.4 is 4.90 Å². The number of hydrogen-bond acceptors (Lipinski definition) is 4. The molecule has 2 heterocycles. The van der Waals surface area contributed by atoms with Gasteiger partial charge in [-0.2, -0.15) is 0 Å². The fraction of sp³-hybridized carbons (Fsp3) is 0.400. The lowest BCUT2D eigenvalue weighted by Gasteiger charge is -2.35. The second kappa shape index (κ2) is 10.2. The molecule has 1 aromatic heterocycles. The highest BCUT2D eigenvalue weighted by Gasteiger charge is 2.26. The van der Waals surface area contributed by atoms with Crippen LogP contribution in [0.2, 0.25) is 0 Å². The third kappa shape index (κ3) is 5.40. The zero-order valence-corrected chi connectivity index (χ0v) is 20.8. The molecule has 0 amide bonds. The summed E-state index contributed by atoms with van der Waals surface area (Å²) >= 11 is 0. The van der Waals surface area contributed by atoms with Crippen molar-refractivity contribution in [2.45, 2.75) is 51.0 Å². The highest BCUT2D eigenvalue weighted by atomic mass is 16.4. The van der Waals surface area contributed by atoms with Crippen molar-refractivity contribution >= 4 is 17.3 Å². The smallest absolute Gasteiger partial charge is 0.336 e. The summed E-state index contributed by atoms with van der Waals surface area (Å²) in [5.41, 5.74) is 7.76. The van der Waals surface area contributed by atoms with Gasteiger partial charge >= 0.3 is 5.97 Å². The van der Waals surface area contributed by atoms with E-state index >= 15 is 0 Å². The average molecular weight is 470 g/mol. The molecule has 1 saturated carbocycles. The van der Waals surface area contributed by atoms with Crippen LogP contribution in [0, 0.1) is 5.92 Å². The van der Waals surface area contributed by atoms with Gasteiger partial charge in [0.1, 0.15) is 0 Å². The van der Waals surface area contributed by atoms with Crippen molar-refractivity contribution in [3.8, 4) is 0 Å². The van der Waals surface area contributed by atoms with Gasteiger partial charge in [0.15, 0.2) is 0 Å². The van der Waals surface area contributed by atoms with Crippen LogP contribution >= 0.6 is 0 Å². The molecule has 35 heavy (non-hydrogen) atoms. The third-order valence-corrected chi connectivity index (χ3v) is 7.82. The number of likely N-dealkylation sites (N-methyl/N-ethyl adjacent to an activating group) is 1. The van der Waals surface area contributed by atoms with Gasteiger partial charge in [-0.3, -0.25) is 9.88 Å². The molecule has 5 rings (SSSR count). The highest BCUT2D eigenvalue weighted by molar-refractivity contribution is 5.89. The molecule has 2 aliphatic rings. The van der Waals surface area contributed by atoms with Gasteiger partial charge in [0.2, 0.25) is 0 Å². The quantitative estimate of drug-likeness (QED) is 0.413. The van der Waals surface area contributed by atoms with E-state index in [4.69, 9.17) is 0 Å². The second-order valence-electron chi connectivity index (χ2n) is 10.2. The van der Waals surface area contributed by atoms with Crippen molar-refractivity contribution in [3.05, 3.63) is 88.7 Å². The van der Waals surface area contributed by atoms with Crippen molar-refractivity contribution in [2.24, 2.45) is 5.92 Å². The van der Waals surface area contributed by atoms with E-state index in [0.29, 0.717) is 12.0 Å². The molecular formula is C30H35N3O2. The molecule has 182 valence electrons. The molecule has 0 radical (unpaired) electrons. The Kier molecular flexibility index (Phi) is 6.87. The van der Waals surface area contributed by atoms with E-state index in [1.165, 1.54) is 53.7 Å². The van der Waals surface area contributed by atoms with E-state index in [1.807, 2.05) is 0 Å². The molecule has 0 spiro atoms. The molecule has 5 heteroatoms. The van der Waals surface area contributed by atoms with E-state index in [9.17, 15) is 9.90 Å². The number of benzene rings is 2. The Bertz CT molecular complexity index is 1190. The number of aryl methyl sites for hydroxylation is 2. The Morgan fingerprint density at radius 2 is 1.83 bits per heavy atom. The number of aromatic nitrogens is 1. The van der Waals surface area contributed by atoms with Crippen LogP contribution in [-0.4, -0.2) is 41.6 Å². The highest BCUT2D eigenvalue weighted by Crippen LogP contribution is 2.36. The maximum absolute atomic E-state index is 11.6. The first-order valence-corrected chi connectivity index (χ1v) is 12.8. The minimum atomic E-state index is -0.886. The summed E-state index contributed by atoms with van der Waals surface area (Å²) < 4.78 is 0. The molecule has 3 aromatic rings. The van der Waals surface area contributed by atoms with Crippen molar-refractivity contribution in [2.75, 3.05) is 25.5 Å². The van der Waals surface area contributed by atoms with Crippen molar-refractivity contribution < 1.29 is 9.90 Å². The molecule has 1 N–H and O–H groups in total. The van der Waals surface area contributed by atoms with Crippen LogP contribution in [0.1, 0.15) is 64.3 Å². The standard InChI is InChI=1S/C30H35N3O2/c1-32-18-16-23-19-26(33(2)25-10-7-22(8-11-25)6-5-21-3-4-21)12-13-27(23)29(32)14-9-24-20-31-17-15-28(24)30(34)35/h7-8,10-13,15,17,19-21,29H,3-6,9,14,16,18H2,1-2H3,(H,34,35)/t29-/m1/s1. The van der Waals surface area contributed by atoms with E-state index in [2.05, 4.69) is 71.3 Å². The number of pyridine rings is 1. The molecule has 0 bridgehead atoms. The normalized spacial score (nSPS) is 17.7. The number of aromatic carboxylic acids is 1. The van der Waals surface area contributed by atoms with Gasteiger partial charge in [0.25, 0.3) is 0 Å². The summed E-state index contributed by atoms with van der Waals surface area (Å²) in [4.78, 5) is 20.4. The van der Waals surface area contributed by atoms with Gasteiger partial charge in [-0.05, 0) is 97.7 Å². The molecule has 0 saturated heterocycles. The maximum Gasteiger partial charge on any atom is 0.336 e. The Hall–Kier alpha value is -3.18. The van der Waals surface area contributed by atoms with Gasteiger partial charge in [-0.25, -0.2) is 4.79 Å². The lowest BCUT2D eigenvalue weighted by Crippen LogP contribution is -2.32. The van der Waals surface area contributed by atoms with Crippen LogP contribution in [0.25, 0.3) is 0 Å². The molecule has 1 fully saturated rings. The van der Waals surface area contributed by atoms with Crippen LogP contribution in [0.4, 0.5) is 11.4 Å². The van der Waals surface area contributed by atoms with Crippen LogP contribution in [0.15, 0.2) is 60.9 Å². The second-order valence-corrected chi connectivity index (χ2v) is 10.2. The largest absolute Gasteiger partial charge is 0.478 e. The number of nitrogens with zero attached hydrogens (tertiary/aromatic N) is 3. The number of anilines is 2. The summed E-state index contributed by atoms with van der Waals surface area (Å²) in [5.74, 6) is 0.0859. The topological polar surface area (TPSA) is 56.7 Å². The predicted molar refractivity (Wildman–Crippen MR) is 141 cm³/mol. The van der Waals surface area contributed by atoms with Crippen molar-refractivity contribution in [1.82, 2.24) is 9.88 Å². The van der Waals surface area contributed by atoms with Gasteiger partial charge in [-0.1, -0.05) is 31.0 Å². The summed E-state index contributed by atoms with van der Waals surface area (Å²) in [6.07, 6.45) is 11.2. The van der Waals surface area contributed by atoms with Crippen molar-refractivity contribution in [3.63, 3.8) is 0 Å². The summed E-state index contributed by atoms with van der Waals surface area (Å²) in [6, 6.07) is 17.7. The van der Waals surface area contributed by atoms with Gasteiger partial charge < -0.3 is 10.0 Å². The SMILES string of the molecule is CN(c1ccc(CCC2CC2)cc1)c1ccc2c(c1)CCN(C)[C@@H]2CCc1cnccc1C(=O)O. The number of carbonyl (C=O) groups is 1. The average Bonchev–Trinajstić information content (AvgIpc) is 3.71. The van der Waals surface area contributed by atoms with E-state index in [-0.39, 0.29) is 6.04 Å². The molecular weight excluding hydrogens is 434 g/mol. The first-order valence-electron chi connectivity index (χ1n) is 12.8. The van der Waals surface area contributed by atoms with Gasteiger partial charge in [0.05, 0.1) is 5.56 Å². The zero-order chi connectivity index (χ0) is 24.4. The molecule has 1 aliphatic heterocycles. The van der Waals surface area contributed by atoms with Crippen molar-refractivity contribution in [1.29, 1.82) is 0 Å². The van der Waals surface area contributed by atoms with E-state index in [0.717, 1.165) is 30.9 Å². The number of fused-ring (bicyclic) bond motifs is 1. The maximum atomic E-state index is 11.6. The first-order chi connectivity index (χ1) is 17.0. The zero-order valence-electron chi connectivity index (χ0n) is 20.8.